The zero-order valence-corrected chi connectivity index (χ0v) is 19.9. The molecule has 0 radical (unpaired) electrons. The van der Waals surface area contributed by atoms with Crippen LogP contribution in [0.25, 0.3) is 22.0 Å². The van der Waals surface area contributed by atoms with Crippen molar-refractivity contribution >= 4 is 51.1 Å². The molecule has 4 aromatic rings. The maximum atomic E-state index is 12.5. The van der Waals surface area contributed by atoms with Gasteiger partial charge >= 0.3 is 5.69 Å². The predicted molar refractivity (Wildman–Crippen MR) is 137 cm³/mol. The van der Waals surface area contributed by atoms with E-state index in [-0.39, 0.29) is 5.69 Å². The van der Waals surface area contributed by atoms with Crippen LogP contribution >= 0.6 is 11.6 Å². The highest BCUT2D eigenvalue weighted by atomic mass is 35.5. The van der Waals surface area contributed by atoms with E-state index in [1.54, 1.807) is 19.2 Å². The smallest absolute Gasteiger partial charge is 0.349 e. The number of hydrogen-bond acceptors (Lipinski definition) is 5. The number of halogens is 1. The third kappa shape index (κ3) is 4.08. The first-order valence-corrected chi connectivity index (χ1v) is 12.3. The molecule has 1 aliphatic heterocycles. The van der Waals surface area contributed by atoms with Crippen LogP contribution < -0.4 is 14.9 Å². The van der Waals surface area contributed by atoms with Gasteiger partial charge in [0.2, 0.25) is 0 Å². The molecule has 0 aliphatic carbocycles. The van der Waals surface area contributed by atoms with Crippen molar-refractivity contribution in [3.05, 3.63) is 82.2 Å². The Morgan fingerprint density at radius 3 is 2.58 bits per heavy atom. The molecule has 0 N–H and O–H groups in total. The first-order valence-electron chi connectivity index (χ1n) is 10.7. The summed E-state index contributed by atoms with van der Waals surface area (Å²) in [5, 5.41) is 1.41. The lowest BCUT2D eigenvalue weighted by Crippen LogP contribution is -2.24. The number of aromatic nitrogens is 2. The van der Waals surface area contributed by atoms with Gasteiger partial charge in [-0.25, -0.2) is 4.79 Å². The Hall–Kier alpha value is -3.00. The molecule has 168 valence electrons. The molecule has 1 unspecified atom stereocenters. The molecule has 3 aromatic carbocycles. The van der Waals surface area contributed by atoms with Crippen LogP contribution in [0.2, 0.25) is 5.02 Å². The molecule has 0 spiro atoms. The summed E-state index contributed by atoms with van der Waals surface area (Å²) in [6.45, 7) is 0.828. The Kier molecular flexibility index (Phi) is 5.78. The molecule has 1 saturated heterocycles. The van der Waals surface area contributed by atoms with Gasteiger partial charge in [0.25, 0.3) is 0 Å². The van der Waals surface area contributed by atoms with Gasteiger partial charge in [0.05, 0.1) is 29.1 Å². The van der Waals surface area contributed by atoms with Crippen LogP contribution in [0.4, 0.5) is 17.2 Å². The van der Waals surface area contributed by atoms with E-state index in [1.165, 1.54) is 4.57 Å². The van der Waals surface area contributed by atoms with E-state index in [4.69, 9.17) is 11.6 Å². The third-order valence-corrected chi connectivity index (χ3v) is 7.77. The molecule has 1 atom stereocenters. The second-order valence-corrected chi connectivity index (χ2v) is 10.0. The highest BCUT2D eigenvalue weighted by Crippen LogP contribution is 2.33. The highest BCUT2D eigenvalue weighted by molar-refractivity contribution is 7.93. The minimum Gasteiger partial charge on any atom is -0.593 e. The lowest BCUT2D eigenvalue weighted by molar-refractivity contribution is 0.598. The van der Waals surface area contributed by atoms with Gasteiger partial charge < -0.3 is 9.45 Å². The van der Waals surface area contributed by atoms with Gasteiger partial charge in [-0.05, 0) is 53.6 Å². The van der Waals surface area contributed by atoms with Gasteiger partial charge in [0.15, 0.2) is 0 Å². The molecule has 1 fully saturated rings. The summed E-state index contributed by atoms with van der Waals surface area (Å²) in [6.07, 6.45) is 0.959. The van der Waals surface area contributed by atoms with Crippen molar-refractivity contribution in [2.24, 2.45) is 7.05 Å². The van der Waals surface area contributed by atoms with Crippen LogP contribution in [0.3, 0.4) is 0 Å². The normalized spacial score (nSPS) is 15.9. The zero-order valence-electron chi connectivity index (χ0n) is 18.4. The molecule has 1 aromatic heterocycles. The maximum Gasteiger partial charge on any atom is 0.349 e. The first kappa shape index (κ1) is 21.8. The number of benzene rings is 3. The van der Waals surface area contributed by atoms with E-state index in [0.717, 1.165) is 52.1 Å². The third-order valence-electron chi connectivity index (χ3n) is 6.02. The Bertz CT molecular complexity index is 1390. The summed E-state index contributed by atoms with van der Waals surface area (Å²) >= 11 is 5.25. The van der Waals surface area contributed by atoms with Crippen molar-refractivity contribution < 1.29 is 4.55 Å². The molecule has 0 bridgehead atoms. The summed E-state index contributed by atoms with van der Waals surface area (Å²) in [4.78, 5) is 18.8. The van der Waals surface area contributed by atoms with Crippen LogP contribution in [-0.4, -0.2) is 33.4 Å². The molecule has 0 saturated carbocycles. The SMILES string of the molecule is CN(c1cccc(-c2ccc(N3CCC[S+]3[O-])cc2)c1)c1nc(=O)n(C)c2cc(Cl)ccc12. The maximum absolute atomic E-state index is 12.5. The number of rotatable bonds is 4. The van der Waals surface area contributed by atoms with E-state index in [1.807, 2.05) is 46.6 Å². The lowest BCUT2D eigenvalue weighted by Gasteiger charge is -2.22. The topological polar surface area (TPSA) is 64.4 Å². The second-order valence-electron chi connectivity index (χ2n) is 8.08. The van der Waals surface area contributed by atoms with E-state index in [2.05, 4.69) is 29.2 Å². The Morgan fingerprint density at radius 2 is 1.85 bits per heavy atom. The van der Waals surface area contributed by atoms with E-state index >= 15 is 0 Å². The van der Waals surface area contributed by atoms with Crippen molar-refractivity contribution in [2.75, 3.05) is 28.6 Å². The van der Waals surface area contributed by atoms with Crippen molar-refractivity contribution in [2.45, 2.75) is 6.42 Å². The lowest BCUT2D eigenvalue weighted by atomic mass is 10.0. The molecule has 0 amide bonds. The zero-order chi connectivity index (χ0) is 23.1. The standard InChI is InChI=1S/C25H23ClN4O2S/c1-28(24-22-12-9-19(26)16-23(22)29(2)25(31)27-24)21-6-3-5-18(15-21)17-7-10-20(11-8-17)30-13-4-14-33(30)32/h3,5-12,15-16H,4,13-14H2,1-2H3. The fourth-order valence-electron chi connectivity index (χ4n) is 4.18. The van der Waals surface area contributed by atoms with Crippen LogP contribution in [0, 0.1) is 0 Å². The van der Waals surface area contributed by atoms with E-state index in [0.29, 0.717) is 10.8 Å². The van der Waals surface area contributed by atoms with Crippen LogP contribution in [0.1, 0.15) is 6.42 Å². The van der Waals surface area contributed by atoms with Crippen LogP contribution in [-0.2, 0) is 18.4 Å². The molecular weight excluding hydrogens is 456 g/mol. The molecule has 2 heterocycles. The predicted octanol–water partition coefficient (Wildman–Crippen LogP) is 4.90. The monoisotopic (exact) mass is 478 g/mol. The average molecular weight is 479 g/mol. The van der Waals surface area contributed by atoms with Crippen molar-refractivity contribution in [1.82, 2.24) is 9.55 Å². The van der Waals surface area contributed by atoms with Crippen molar-refractivity contribution in [1.29, 1.82) is 0 Å². The quantitative estimate of drug-likeness (QED) is 0.390. The summed E-state index contributed by atoms with van der Waals surface area (Å²) in [5.41, 5.74) is 4.40. The molecule has 8 heteroatoms. The highest BCUT2D eigenvalue weighted by Gasteiger charge is 2.26. The van der Waals surface area contributed by atoms with E-state index in [9.17, 15) is 9.35 Å². The number of anilines is 3. The second kappa shape index (κ2) is 8.74. The summed E-state index contributed by atoms with van der Waals surface area (Å²) in [5.74, 6) is 1.31. The van der Waals surface area contributed by atoms with Gasteiger partial charge in [-0.2, -0.15) is 9.29 Å². The van der Waals surface area contributed by atoms with Crippen molar-refractivity contribution in [3.63, 3.8) is 0 Å². The van der Waals surface area contributed by atoms with Gasteiger partial charge in [-0.3, -0.25) is 4.57 Å². The largest absolute Gasteiger partial charge is 0.593 e. The first-order chi connectivity index (χ1) is 15.9. The number of fused-ring (bicyclic) bond motifs is 1. The fourth-order valence-corrected chi connectivity index (χ4v) is 5.64. The summed E-state index contributed by atoms with van der Waals surface area (Å²) in [6, 6.07) is 21.7. The van der Waals surface area contributed by atoms with Crippen LogP contribution in [0.5, 0.6) is 0 Å². The summed E-state index contributed by atoms with van der Waals surface area (Å²) < 4.78 is 15.6. The van der Waals surface area contributed by atoms with E-state index < -0.39 is 11.4 Å². The number of nitrogens with zero attached hydrogens (tertiary/aromatic N) is 4. The minimum atomic E-state index is -0.927. The van der Waals surface area contributed by atoms with Gasteiger partial charge in [-0.15, -0.1) is 0 Å². The molecule has 33 heavy (non-hydrogen) atoms. The van der Waals surface area contributed by atoms with Gasteiger partial charge in [-0.1, -0.05) is 35.9 Å². The number of hydrogen-bond donors (Lipinski definition) is 0. The molecule has 6 nitrogen and oxygen atoms in total. The average Bonchev–Trinajstić information content (AvgIpc) is 3.27. The number of aryl methyl sites for hydroxylation is 1. The van der Waals surface area contributed by atoms with Crippen LogP contribution in [0.15, 0.2) is 71.5 Å². The van der Waals surface area contributed by atoms with Gasteiger partial charge in [0.1, 0.15) is 11.6 Å². The molecule has 5 rings (SSSR count). The fraction of sp³-hybridized carbons (Fsp3) is 0.200. The summed E-state index contributed by atoms with van der Waals surface area (Å²) in [7, 11) is 3.60. The molecular formula is C25H23ClN4O2S. The minimum absolute atomic E-state index is 0.335. The van der Waals surface area contributed by atoms with Crippen molar-refractivity contribution in [3.8, 4) is 11.1 Å². The Balaban J connectivity index is 1.50. The Labute approximate surface area is 200 Å². The Morgan fingerprint density at radius 1 is 1.06 bits per heavy atom. The van der Waals surface area contributed by atoms with Gasteiger partial charge in [0, 0.05) is 36.6 Å². The molecule has 1 aliphatic rings.